The third-order valence-electron chi connectivity index (χ3n) is 7.23. The Kier molecular flexibility index (Phi) is 3.74. The first-order valence-electron chi connectivity index (χ1n) is 10.6. The van der Waals surface area contributed by atoms with Crippen molar-refractivity contribution in [3.8, 4) is 0 Å². The molecule has 31 heavy (non-hydrogen) atoms. The molecule has 1 unspecified atom stereocenters. The van der Waals surface area contributed by atoms with Crippen LogP contribution in [0.4, 0.5) is 8.78 Å². The van der Waals surface area contributed by atoms with Crippen LogP contribution in [0, 0.1) is 29.4 Å². The smallest absolute Gasteiger partial charge is 0.249 e. The fraction of sp³-hybridized carbons (Fsp3) is 0.375. The highest BCUT2D eigenvalue weighted by molar-refractivity contribution is 5.88. The summed E-state index contributed by atoms with van der Waals surface area (Å²) in [6, 6.07) is 11.2. The van der Waals surface area contributed by atoms with Gasteiger partial charge in [0.15, 0.2) is 0 Å². The summed E-state index contributed by atoms with van der Waals surface area (Å²) >= 11 is 0. The molecule has 1 atom stereocenters. The largest absolute Gasteiger partial charge is 0.272 e. The van der Waals surface area contributed by atoms with E-state index in [1.807, 2.05) is 19.1 Å². The highest BCUT2D eigenvalue weighted by Gasteiger charge is 2.72. The van der Waals surface area contributed by atoms with Gasteiger partial charge in [0.2, 0.25) is 5.91 Å². The van der Waals surface area contributed by atoms with Crippen LogP contribution in [0.1, 0.15) is 43.0 Å². The van der Waals surface area contributed by atoms with E-state index in [0.717, 1.165) is 48.5 Å². The van der Waals surface area contributed by atoms with Crippen LogP contribution in [-0.2, 0) is 11.3 Å². The number of fused-ring (bicyclic) bond motifs is 1. The monoisotopic (exact) mass is 420 g/mol. The van der Waals surface area contributed by atoms with Crippen molar-refractivity contribution < 1.29 is 13.6 Å². The Morgan fingerprint density at radius 1 is 1.13 bits per heavy atom. The topological polar surface area (TPSA) is 50.5 Å². The summed E-state index contributed by atoms with van der Waals surface area (Å²) in [6.45, 7) is 2.82. The molecular formula is C24H22F2N4O. The average molecular weight is 420 g/mol. The average Bonchev–Trinajstić information content (AvgIpc) is 3.28. The zero-order chi connectivity index (χ0) is 21.4. The molecule has 4 aliphatic rings. The summed E-state index contributed by atoms with van der Waals surface area (Å²) < 4.78 is 29.5. The van der Waals surface area contributed by atoms with Crippen LogP contribution in [-0.4, -0.2) is 26.9 Å². The molecule has 3 saturated carbocycles. The van der Waals surface area contributed by atoms with E-state index in [2.05, 4.69) is 21.9 Å². The molecule has 158 valence electrons. The fourth-order valence-corrected chi connectivity index (χ4v) is 6.02. The Balaban J connectivity index is 1.19. The molecule has 7 rings (SSSR count). The van der Waals surface area contributed by atoms with Crippen molar-refractivity contribution in [1.82, 2.24) is 14.8 Å². The van der Waals surface area contributed by atoms with Crippen LogP contribution < -0.4 is 0 Å². The maximum Gasteiger partial charge on any atom is 0.249 e. The predicted octanol–water partition coefficient (Wildman–Crippen LogP) is 4.75. The standard InChI is InChI=1S/C24H22F2N4O/c1-15-19-4-2-3-5-21(19)29(28-15)14-23-11-24(12-23,13-23)22(31)30-20(6-7-27-30)16-8-17(25)10-18(26)9-16/h2-5,7-10,20H,6,11-14H2,1H3. The predicted molar refractivity (Wildman–Crippen MR) is 112 cm³/mol. The number of amides is 1. The Morgan fingerprint density at radius 2 is 1.84 bits per heavy atom. The van der Waals surface area contributed by atoms with Gasteiger partial charge in [-0.15, -0.1) is 0 Å². The molecule has 7 heteroatoms. The van der Waals surface area contributed by atoms with E-state index < -0.39 is 23.1 Å². The van der Waals surface area contributed by atoms with Crippen molar-refractivity contribution in [2.24, 2.45) is 15.9 Å². The number of hydrogen-bond acceptors (Lipinski definition) is 3. The Hall–Kier alpha value is -3.09. The lowest BCUT2D eigenvalue weighted by atomic mass is 9.34. The van der Waals surface area contributed by atoms with Crippen molar-refractivity contribution in [2.75, 3.05) is 0 Å². The molecule has 0 radical (unpaired) electrons. The van der Waals surface area contributed by atoms with Gasteiger partial charge in [-0.3, -0.25) is 9.48 Å². The van der Waals surface area contributed by atoms with Gasteiger partial charge in [0.25, 0.3) is 0 Å². The van der Waals surface area contributed by atoms with Gasteiger partial charge in [0.05, 0.1) is 22.7 Å². The lowest BCUT2D eigenvalue weighted by Crippen LogP contribution is -2.68. The molecule has 3 aromatic rings. The minimum absolute atomic E-state index is 0.0284. The number of hydrogen-bond donors (Lipinski definition) is 0. The zero-order valence-corrected chi connectivity index (χ0v) is 17.2. The molecule has 1 aliphatic heterocycles. The normalized spacial score (nSPS) is 28.6. The van der Waals surface area contributed by atoms with Gasteiger partial charge in [-0.25, -0.2) is 13.8 Å². The van der Waals surface area contributed by atoms with Gasteiger partial charge >= 0.3 is 0 Å². The number of nitrogens with zero attached hydrogens (tertiary/aromatic N) is 4. The van der Waals surface area contributed by atoms with E-state index in [-0.39, 0.29) is 11.3 Å². The van der Waals surface area contributed by atoms with Gasteiger partial charge in [-0.2, -0.15) is 10.2 Å². The third kappa shape index (κ3) is 2.68. The second-order valence-electron chi connectivity index (χ2n) is 9.47. The summed E-state index contributed by atoms with van der Waals surface area (Å²) in [6.07, 6.45) is 4.55. The molecule has 3 aliphatic carbocycles. The molecule has 2 bridgehead atoms. The van der Waals surface area contributed by atoms with Gasteiger partial charge in [0.1, 0.15) is 11.6 Å². The Labute approximate surface area is 178 Å². The van der Waals surface area contributed by atoms with Crippen LogP contribution in [0.3, 0.4) is 0 Å². The second-order valence-corrected chi connectivity index (χ2v) is 9.47. The van der Waals surface area contributed by atoms with E-state index in [9.17, 15) is 13.6 Å². The van der Waals surface area contributed by atoms with Gasteiger partial charge in [-0.1, -0.05) is 18.2 Å². The maximum atomic E-state index is 13.7. The summed E-state index contributed by atoms with van der Waals surface area (Å²) in [5.41, 5.74) is 2.29. The summed E-state index contributed by atoms with van der Waals surface area (Å²) in [7, 11) is 0. The number of halogens is 2. The van der Waals surface area contributed by atoms with Crippen molar-refractivity contribution in [3.63, 3.8) is 0 Å². The van der Waals surface area contributed by atoms with Gasteiger partial charge in [0, 0.05) is 30.6 Å². The number of benzene rings is 2. The molecule has 0 N–H and O–H groups in total. The second kappa shape index (κ2) is 6.22. The SMILES string of the molecule is Cc1nn(CC23CC(C(=O)N4N=CCC4c4cc(F)cc(F)c4)(C2)C3)c2ccccc12. The third-order valence-corrected chi connectivity index (χ3v) is 7.23. The molecule has 1 amide bonds. The molecule has 0 spiro atoms. The number of rotatable bonds is 4. The number of hydrazone groups is 1. The van der Waals surface area contributed by atoms with Gasteiger partial charge in [-0.05, 0) is 55.4 Å². The van der Waals surface area contributed by atoms with Crippen LogP contribution in [0.2, 0.25) is 0 Å². The molecule has 1 aromatic heterocycles. The van der Waals surface area contributed by atoms with Crippen molar-refractivity contribution >= 4 is 23.0 Å². The minimum atomic E-state index is -0.638. The molecule has 3 fully saturated rings. The summed E-state index contributed by atoms with van der Waals surface area (Å²) in [5, 5.41) is 11.6. The first-order chi connectivity index (χ1) is 14.9. The number of aromatic nitrogens is 2. The summed E-state index contributed by atoms with van der Waals surface area (Å²) in [5.74, 6) is -1.31. The molecule has 0 saturated heterocycles. The molecular weight excluding hydrogens is 398 g/mol. The maximum absolute atomic E-state index is 13.7. The summed E-state index contributed by atoms with van der Waals surface area (Å²) in [4.78, 5) is 13.4. The van der Waals surface area contributed by atoms with Crippen LogP contribution in [0.15, 0.2) is 47.6 Å². The van der Waals surface area contributed by atoms with Crippen molar-refractivity contribution in [1.29, 1.82) is 0 Å². The Morgan fingerprint density at radius 3 is 2.58 bits per heavy atom. The van der Waals surface area contributed by atoms with E-state index in [4.69, 9.17) is 5.10 Å². The van der Waals surface area contributed by atoms with E-state index >= 15 is 0 Å². The highest BCUT2D eigenvalue weighted by atomic mass is 19.1. The Bertz CT molecular complexity index is 1220. The lowest BCUT2D eigenvalue weighted by Gasteiger charge is -2.69. The minimum Gasteiger partial charge on any atom is -0.272 e. The quantitative estimate of drug-likeness (QED) is 0.612. The number of aryl methyl sites for hydroxylation is 1. The first-order valence-corrected chi connectivity index (χ1v) is 10.6. The van der Waals surface area contributed by atoms with Crippen LogP contribution in [0.25, 0.3) is 10.9 Å². The van der Waals surface area contributed by atoms with E-state index in [1.54, 1.807) is 6.21 Å². The van der Waals surface area contributed by atoms with E-state index in [0.29, 0.717) is 12.0 Å². The molecule has 2 aromatic carbocycles. The van der Waals surface area contributed by atoms with Gasteiger partial charge < -0.3 is 0 Å². The van der Waals surface area contributed by atoms with E-state index in [1.165, 1.54) is 17.1 Å². The number of para-hydroxylation sites is 1. The van der Waals surface area contributed by atoms with Crippen LogP contribution >= 0.6 is 0 Å². The first kappa shape index (κ1) is 18.7. The lowest BCUT2D eigenvalue weighted by molar-refractivity contribution is -0.223. The highest BCUT2D eigenvalue weighted by Crippen LogP contribution is 2.74. The molecule has 2 heterocycles. The number of carbonyl (C=O) groups excluding carboxylic acids is 1. The van der Waals surface area contributed by atoms with Crippen LogP contribution in [0.5, 0.6) is 0 Å². The number of carbonyl (C=O) groups is 1. The molecule has 5 nitrogen and oxygen atoms in total. The fourth-order valence-electron chi connectivity index (χ4n) is 6.02. The van der Waals surface area contributed by atoms with Crippen molar-refractivity contribution in [3.05, 3.63) is 65.4 Å². The van der Waals surface area contributed by atoms with Crippen molar-refractivity contribution in [2.45, 2.75) is 45.2 Å². The zero-order valence-electron chi connectivity index (χ0n) is 17.2.